The fraction of sp³-hybridized carbons (Fsp3) is 0.533. The molecule has 1 N–H and O–H groups in total. The third-order valence-corrected chi connectivity index (χ3v) is 4.08. The van der Waals surface area contributed by atoms with Gasteiger partial charge in [-0.3, -0.25) is 0 Å². The number of urea groups is 1. The number of carbonyl (C=O) groups is 1. The summed E-state index contributed by atoms with van der Waals surface area (Å²) in [6.45, 7) is 3.81. The second kappa shape index (κ2) is 8.33. The number of piperidine rings is 1. The minimum absolute atomic E-state index is 0.0743. The Hall–Kier alpha value is -1.34. The van der Waals surface area contributed by atoms with Gasteiger partial charge < -0.3 is 15.0 Å². The minimum atomic E-state index is -2.47. The summed E-state index contributed by atoms with van der Waals surface area (Å²) in [7, 11) is 0. The van der Waals surface area contributed by atoms with Gasteiger partial charge in [0.05, 0.1) is 6.10 Å². The Kier molecular flexibility index (Phi) is 6.45. The molecule has 2 rings (SSSR count). The van der Waals surface area contributed by atoms with Gasteiger partial charge in [-0.15, -0.1) is 0 Å². The van der Waals surface area contributed by atoms with E-state index in [1.54, 1.807) is 29.2 Å². The number of nitrogens with one attached hydrogen (secondary N) is 1. The summed E-state index contributed by atoms with van der Waals surface area (Å²) < 4.78 is 30.3. The topological polar surface area (TPSA) is 41.6 Å². The van der Waals surface area contributed by atoms with Crippen molar-refractivity contribution in [1.82, 2.24) is 4.90 Å². The number of amides is 2. The van der Waals surface area contributed by atoms with Crippen LogP contribution in [0.15, 0.2) is 29.2 Å². The summed E-state index contributed by atoms with van der Waals surface area (Å²) in [5.74, 6) is -2.47. The highest BCUT2D eigenvalue weighted by atomic mass is 32.2. The number of benzene rings is 1. The van der Waals surface area contributed by atoms with Crippen molar-refractivity contribution in [3.63, 3.8) is 0 Å². The van der Waals surface area contributed by atoms with Gasteiger partial charge in [0.25, 0.3) is 5.76 Å². The molecule has 0 bridgehead atoms. The van der Waals surface area contributed by atoms with E-state index in [-0.39, 0.29) is 12.1 Å². The summed E-state index contributed by atoms with van der Waals surface area (Å²) in [5, 5.41) is 2.76. The van der Waals surface area contributed by atoms with E-state index < -0.39 is 5.76 Å². The monoisotopic (exact) mass is 330 g/mol. The van der Waals surface area contributed by atoms with Crippen molar-refractivity contribution in [1.29, 1.82) is 0 Å². The zero-order valence-electron chi connectivity index (χ0n) is 12.4. The van der Waals surface area contributed by atoms with Crippen LogP contribution in [0.4, 0.5) is 19.3 Å². The molecule has 0 saturated carbocycles. The van der Waals surface area contributed by atoms with E-state index in [1.165, 1.54) is 0 Å². The number of likely N-dealkylation sites (tertiary alicyclic amines) is 1. The zero-order valence-corrected chi connectivity index (χ0v) is 13.2. The van der Waals surface area contributed by atoms with Crippen molar-refractivity contribution in [2.45, 2.75) is 36.5 Å². The van der Waals surface area contributed by atoms with E-state index in [0.29, 0.717) is 42.0 Å². The van der Waals surface area contributed by atoms with E-state index >= 15 is 0 Å². The van der Waals surface area contributed by atoms with Crippen molar-refractivity contribution >= 4 is 23.5 Å². The summed E-state index contributed by atoms with van der Waals surface area (Å²) in [6.07, 6.45) is 1.93. The zero-order chi connectivity index (χ0) is 15.9. The number of halogens is 2. The number of carbonyl (C=O) groups excluding carboxylic acids is 1. The molecule has 1 aromatic carbocycles. The van der Waals surface area contributed by atoms with Gasteiger partial charge in [-0.1, -0.05) is 17.8 Å². The van der Waals surface area contributed by atoms with E-state index in [4.69, 9.17) is 4.74 Å². The van der Waals surface area contributed by atoms with E-state index in [9.17, 15) is 13.6 Å². The highest BCUT2D eigenvalue weighted by Crippen LogP contribution is 2.27. The molecule has 7 heteroatoms. The van der Waals surface area contributed by atoms with Gasteiger partial charge in [0, 0.05) is 30.3 Å². The molecule has 22 heavy (non-hydrogen) atoms. The number of ether oxygens (including phenoxy) is 1. The van der Waals surface area contributed by atoms with Crippen LogP contribution in [0.5, 0.6) is 0 Å². The maximum absolute atomic E-state index is 12.4. The van der Waals surface area contributed by atoms with Gasteiger partial charge in [0.15, 0.2) is 0 Å². The fourth-order valence-corrected chi connectivity index (χ4v) is 3.00. The first-order valence-electron chi connectivity index (χ1n) is 7.31. The van der Waals surface area contributed by atoms with Gasteiger partial charge in [0.1, 0.15) is 0 Å². The Morgan fingerprint density at radius 2 is 2.36 bits per heavy atom. The van der Waals surface area contributed by atoms with E-state index in [0.717, 1.165) is 12.8 Å². The van der Waals surface area contributed by atoms with Crippen LogP contribution in [-0.2, 0) is 4.74 Å². The second-order valence-corrected chi connectivity index (χ2v) is 6.07. The average molecular weight is 330 g/mol. The highest BCUT2D eigenvalue weighted by molar-refractivity contribution is 7.99. The Morgan fingerprint density at radius 1 is 1.55 bits per heavy atom. The van der Waals surface area contributed by atoms with Crippen molar-refractivity contribution in [2.24, 2.45) is 0 Å². The van der Waals surface area contributed by atoms with Crippen LogP contribution in [0.3, 0.4) is 0 Å². The Labute approximate surface area is 133 Å². The lowest BCUT2D eigenvalue weighted by Crippen LogP contribution is -2.45. The van der Waals surface area contributed by atoms with Gasteiger partial charge in [0.2, 0.25) is 0 Å². The van der Waals surface area contributed by atoms with Crippen molar-refractivity contribution in [3.05, 3.63) is 24.3 Å². The Balaban J connectivity index is 1.93. The van der Waals surface area contributed by atoms with Crippen LogP contribution < -0.4 is 5.32 Å². The third kappa shape index (κ3) is 5.14. The smallest absolute Gasteiger partial charge is 0.321 e. The van der Waals surface area contributed by atoms with Gasteiger partial charge >= 0.3 is 6.03 Å². The van der Waals surface area contributed by atoms with Gasteiger partial charge in [-0.2, -0.15) is 8.78 Å². The van der Waals surface area contributed by atoms with Crippen LogP contribution in [0.1, 0.15) is 19.8 Å². The standard InChI is InChI=1S/C15H20F2N2O2S/c1-2-21-12-6-4-8-19(10-12)15(20)18-11-5-3-7-13(9-11)22-14(16)17/h3,5,7,9,12,14H,2,4,6,8,10H2,1H3,(H,18,20)/t12-/m1/s1. The molecule has 1 saturated heterocycles. The lowest BCUT2D eigenvalue weighted by molar-refractivity contribution is 0.0181. The van der Waals surface area contributed by atoms with Crippen molar-refractivity contribution in [3.8, 4) is 0 Å². The summed E-state index contributed by atoms with van der Waals surface area (Å²) in [4.78, 5) is 14.4. The molecule has 122 valence electrons. The predicted octanol–water partition coefficient (Wildman–Crippen LogP) is 4.03. The lowest BCUT2D eigenvalue weighted by atomic mass is 10.1. The minimum Gasteiger partial charge on any atom is -0.377 e. The maximum atomic E-state index is 12.4. The summed E-state index contributed by atoms with van der Waals surface area (Å²) >= 11 is 0.464. The van der Waals surface area contributed by atoms with Gasteiger partial charge in [-0.25, -0.2) is 4.79 Å². The number of hydrogen-bond donors (Lipinski definition) is 1. The molecule has 1 aliphatic rings. The third-order valence-electron chi connectivity index (χ3n) is 3.38. The number of nitrogens with zero attached hydrogens (tertiary/aromatic N) is 1. The van der Waals surface area contributed by atoms with Crippen LogP contribution in [0, 0.1) is 0 Å². The highest BCUT2D eigenvalue weighted by Gasteiger charge is 2.23. The maximum Gasteiger partial charge on any atom is 0.321 e. The number of anilines is 1. The van der Waals surface area contributed by atoms with E-state index in [2.05, 4.69) is 5.32 Å². The molecule has 0 spiro atoms. The van der Waals surface area contributed by atoms with Crippen molar-refractivity contribution < 1.29 is 18.3 Å². The second-order valence-electron chi connectivity index (χ2n) is 5.00. The number of rotatable bonds is 5. The van der Waals surface area contributed by atoms with Crippen molar-refractivity contribution in [2.75, 3.05) is 25.0 Å². The summed E-state index contributed by atoms with van der Waals surface area (Å²) in [6, 6.07) is 6.28. The first-order chi connectivity index (χ1) is 10.6. The van der Waals surface area contributed by atoms with Gasteiger partial charge in [-0.05, 0) is 38.0 Å². The SMILES string of the molecule is CCO[C@@H]1CCCN(C(=O)Nc2cccc(SC(F)F)c2)C1. The van der Waals surface area contributed by atoms with Crippen LogP contribution in [0.2, 0.25) is 0 Å². The first-order valence-corrected chi connectivity index (χ1v) is 8.19. The molecule has 4 nitrogen and oxygen atoms in total. The molecular formula is C15H20F2N2O2S. The molecule has 1 atom stereocenters. The number of hydrogen-bond acceptors (Lipinski definition) is 3. The lowest BCUT2D eigenvalue weighted by Gasteiger charge is -2.32. The van der Waals surface area contributed by atoms with Crippen LogP contribution >= 0.6 is 11.8 Å². The molecule has 1 aliphatic heterocycles. The molecule has 1 aromatic rings. The molecule has 0 aliphatic carbocycles. The molecule has 2 amide bonds. The predicted molar refractivity (Wildman–Crippen MR) is 83.5 cm³/mol. The van der Waals surface area contributed by atoms with E-state index in [1.807, 2.05) is 6.92 Å². The quantitative estimate of drug-likeness (QED) is 0.829. The fourth-order valence-electron chi connectivity index (χ4n) is 2.45. The normalized spacial score (nSPS) is 18.5. The molecule has 1 fully saturated rings. The number of alkyl halides is 2. The number of thioether (sulfide) groups is 1. The Bertz CT molecular complexity index is 500. The molecule has 0 unspecified atom stereocenters. The molecular weight excluding hydrogens is 310 g/mol. The van der Waals surface area contributed by atoms with Crippen LogP contribution in [-0.4, -0.2) is 42.5 Å². The molecule has 1 heterocycles. The Morgan fingerprint density at radius 3 is 3.09 bits per heavy atom. The summed E-state index contributed by atoms with van der Waals surface area (Å²) in [5.41, 5.74) is 0.522. The molecule has 0 radical (unpaired) electrons. The largest absolute Gasteiger partial charge is 0.377 e. The van der Waals surface area contributed by atoms with Crippen LogP contribution in [0.25, 0.3) is 0 Å². The molecule has 0 aromatic heterocycles. The average Bonchev–Trinajstić information content (AvgIpc) is 2.47. The first kappa shape index (κ1) is 17.0.